The first-order valence-corrected chi connectivity index (χ1v) is 12.3. The van der Waals surface area contributed by atoms with Crippen molar-refractivity contribution < 1.29 is 17.6 Å². The van der Waals surface area contributed by atoms with Gasteiger partial charge >= 0.3 is 0 Å². The molecule has 3 aromatic rings. The number of hydrogen-bond acceptors (Lipinski definition) is 3. The Morgan fingerprint density at radius 2 is 1.59 bits per heavy atom. The standard InChI is InChI=1S/C23H21Cl2FN2O3S/c1-32(30,31)28(21-4-2-3-20(24)22(21)25)15-17-5-9-18(10-6-17)23(29)27-14-13-16-7-11-19(26)12-8-16/h2-12H,13-15H2,1H3,(H,27,29). The van der Waals surface area contributed by atoms with Crippen molar-refractivity contribution >= 4 is 44.8 Å². The molecule has 1 N–H and O–H groups in total. The summed E-state index contributed by atoms with van der Waals surface area (Å²) in [5.74, 6) is -0.554. The van der Waals surface area contributed by atoms with E-state index in [1.54, 1.807) is 54.6 Å². The molecular weight excluding hydrogens is 474 g/mol. The molecule has 0 aliphatic rings. The monoisotopic (exact) mass is 494 g/mol. The summed E-state index contributed by atoms with van der Waals surface area (Å²) in [6.45, 7) is 0.437. The number of amides is 1. The quantitative estimate of drug-likeness (QED) is 0.475. The van der Waals surface area contributed by atoms with Gasteiger partial charge in [-0.3, -0.25) is 9.10 Å². The first-order chi connectivity index (χ1) is 15.1. The minimum absolute atomic E-state index is 0.0331. The van der Waals surface area contributed by atoms with E-state index in [0.717, 1.165) is 11.8 Å². The maximum atomic E-state index is 13.0. The summed E-state index contributed by atoms with van der Waals surface area (Å²) in [7, 11) is -3.64. The zero-order chi connectivity index (χ0) is 23.3. The molecule has 0 fully saturated rings. The number of rotatable bonds is 8. The normalized spacial score (nSPS) is 11.2. The van der Waals surface area contributed by atoms with Crippen molar-refractivity contribution in [2.45, 2.75) is 13.0 Å². The number of carbonyl (C=O) groups is 1. The molecular formula is C23H21Cl2FN2O3S. The minimum Gasteiger partial charge on any atom is -0.352 e. The maximum absolute atomic E-state index is 13.0. The van der Waals surface area contributed by atoms with E-state index in [9.17, 15) is 17.6 Å². The lowest BCUT2D eigenvalue weighted by atomic mass is 10.1. The third-order valence-electron chi connectivity index (χ3n) is 4.76. The number of nitrogens with zero attached hydrogens (tertiary/aromatic N) is 1. The van der Waals surface area contributed by atoms with E-state index in [1.807, 2.05) is 0 Å². The van der Waals surface area contributed by atoms with Crippen LogP contribution in [0.1, 0.15) is 21.5 Å². The van der Waals surface area contributed by atoms with Crippen LogP contribution in [-0.4, -0.2) is 27.1 Å². The van der Waals surface area contributed by atoms with Crippen LogP contribution < -0.4 is 9.62 Å². The molecule has 168 valence electrons. The lowest BCUT2D eigenvalue weighted by Crippen LogP contribution is -2.29. The number of nitrogens with one attached hydrogen (secondary N) is 1. The maximum Gasteiger partial charge on any atom is 0.251 e. The summed E-state index contributed by atoms with van der Waals surface area (Å²) in [5, 5.41) is 3.22. The van der Waals surface area contributed by atoms with Gasteiger partial charge in [0, 0.05) is 12.1 Å². The van der Waals surface area contributed by atoms with Gasteiger partial charge in [0.15, 0.2) is 0 Å². The molecule has 32 heavy (non-hydrogen) atoms. The number of carbonyl (C=O) groups excluding carboxylic acids is 1. The van der Waals surface area contributed by atoms with Crippen molar-refractivity contribution in [1.82, 2.24) is 5.32 Å². The van der Waals surface area contributed by atoms with Crippen molar-refractivity contribution in [2.75, 3.05) is 17.1 Å². The number of sulfonamides is 1. The Morgan fingerprint density at radius 1 is 0.969 bits per heavy atom. The van der Waals surface area contributed by atoms with Gasteiger partial charge in [0.2, 0.25) is 10.0 Å². The molecule has 0 unspecified atom stereocenters. The van der Waals surface area contributed by atoms with E-state index < -0.39 is 10.0 Å². The summed E-state index contributed by atoms with van der Waals surface area (Å²) < 4.78 is 38.9. The molecule has 1 amide bonds. The molecule has 0 aliphatic heterocycles. The van der Waals surface area contributed by atoms with Gasteiger partial charge in [0.1, 0.15) is 5.82 Å². The average Bonchev–Trinajstić information content (AvgIpc) is 2.75. The second kappa shape index (κ2) is 10.3. The molecule has 0 atom stereocenters. The van der Waals surface area contributed by atoms with Crippen LogP contribution in [0.3, 0.4) is 0 Å². The van der Waals surface area contributed by atoms with Gasteiger partial charge in [-0.25, -0.2) is 12.8 Å². The van der Waals surface area contributed by atoms with Gasteiger partial charge in [-0.15, -0.1) is 0 Å². The van der Waals surface area contributed by atoms with E-state index in [2.05, 4.69) is 5.32 Å². The van der Waals surface area contributed by atoms with Crippen molar-refractivity contribution in [3.8, 4) is 0 Å². The van der Waals surface area contributed by atoms with Crippen molar-refractivity contribution in [1.29, 1.82) is 0 Å². The molecule has 0 aliphatic carbocycles. The van der Waals surface area contributed by atoms with Gasteiger partial charge in [-0.1, -0.05) is 53.5 Å². The highest BCUT2D eigenvalue weighted by molar-refractivity contribution is 7.92. The van der Waals surface area contributed by atoms with E-state index >= 15 is 0 Å². The van der Waals surface area contributed by atoms with Gasteiger partial charge < -0.3 is 5.32 Å². The summed E-state index contributed by atoms with van der Waals surface area (Å²) in [5.41, 5.74) is 2.32. The molecule has 0 bridgehead atoms. The van der Waals surface area contributed by atoms with Gasteiger partial charge in [-0.2, -0.15) is 0 Å². The third-order valence-corrected chi connectivity index (χ3v) is 6.69. The Hall–Kier alpha value is -2.61. The molecule has 9 heteroatoms. The second-order valence-electron chi connectivity index (χ2n) is 7.17. The van der Waals surface area contributed by atoms with E-state index in [-0.39, 0.29) is 34.0 Å². The summed E-state index contributed by atoms with van der Waals surface area (Å²) in [6.07, 6.45) is 1.67. The average molecular weight is 495 g/mol. The smallest absolute Gasteiger partial charge is 0.251 e. The van der Waals surface area contributed by atoms with Crippen LogP contribution in [0, 0.1) is 5.82 Å². The third kappa shape index (κ3) is 6.22. The second-order valence-corrected chi connectivity index (χ2v) is 9.86. The van der Waals surface area contributed by atoms with Crippen molar-refractivity contribution in [3.63, 3.8) is 0 Å². The fourth-order valence-electron chi connectivity index (χ4n) is 3.07. The van der Waals surface area contributed by atoms with Crippen LogP contribution >= 0.6 is 23.2 Å². The Labute approximate surface area is 196 Å². The molecule has 3 rings (SSSR count). The molecule has 3 aromatic carbocycles. The lowest BCUT2D eigenvalue weighted by Gasteiger charge is -2.24. The van der Waals surface area contributed by atoms with Crippen LogP contribution in [0.15, 0.2) is 66.7 Å². The Kier molecular flexibility index (Phi) is 7.77. The molecule has 0 spiro atoms. The van der Waals surface area contributed by atoms with Gasteiger partial charge in [-0.05, 0) is 53.9 Å². The largest absolute Gasteiger partial charge is 0.352 e. The van der Waals surface area contributed by atoms with Crippen LogP contribution in [0.2, 0.25) is 10.0 Å². The highest BCUT2D eigenvalue weighted by atomic mass is 35.5. The fourth-order valence-corrected chi connectivity index (χ4v) is 4.41. The fraction of sp³-hybridized carbons (Fsp3) is 0.174. The van der Waals surface area contributed by atoms with E-state index in [1.165, 1.54) is 16.4 Å². The van der Waals surface area contributed by atoms with Crippen LogP contribution in [0.4, 0.5) is 10.1 Å². The van der Waals surface area contributed by atoms with E-state index in [4.69, 9.17) is 23.2 Å². The first-order valence-electron chi connectivity index (χ1n) is 9.68. The molecule has 0 radical (unpaired) electrons. The Bertz CT molecular complexity index is 1200. The zero-order valence-corrected chi connectivity index (χ0v) is 19.5. The molecule has 0 saturated heterocycles. The number of benzene rings is 3. The van der Waals surface area contributed by atoms with Crippen molar-refractivity contribution in [3.05, 3.63) is 99.3 Å². The highest BCUT2D eigenvalue weighted by Gasteiger charge is 2.21. The van der Waals surface area contributed by atoms with Crippen LogP contribution in [-0.2, 0) is 23.0 Å². The predicted molar refractivity (Wildman–Crippen MR) is 126 cm³/mol. The highest BCUT2D eigenvalue weighted by Crippen LogP contribution is 2.34. The predicted octanol–water partition coefficient (Wildman–Crippen LogP) is 5.07. The Balaban J connectivity index is 1.66. The van der Waals surface area contributed by atoms with Crippen LogP contribution in [0.25, 0.3) is 0 Å². The summed E-state index contributed by atoms with van der Waals surface area (Å²) >= 11 is 12.3. The number of halogens is 3. The van der Waals surface area contributed by atoms with Gasteiger partial charge in [0.25, 0.3) is 5.91 Å². The summed E-state index contributed by atoms with van der Waals surface area (Å²) in [6, 6.07) is 17.5. The Morgan fingerprint density at radius 3 is 2.22 bits per heavy atom. The number of hydrogen-bond donors (Lipinski definition) is 1. The zero-order valence-electron chi connectivity index (χ0n) is 17.2. The molecule has 0 saturated carbocycles. The molecule has 0 heterocycles. The molecule has 5 nitrogen and oxygen atoms in total. The lowest BCUT2D eigenvalue weighted by molar-refractivity contribution is 0.0954. The van der Waals surface area contributed by atoms with Crippen LogP contribution in [0.5, 0.6) is 0 Å². The first kappa shape index (κ1) is 24.0. The number of anilines is 1. The topological polar surface area (TPSA) is 66.5 Å². The minimum atomic E-state index is -3.64. The van der Waals surface area contributed by atoms with Crippen molar-refractivity contribution in [2.24, 2.45) is 0 Å². The SMILES string of the molecule is CS(=O)(=O)N(Cc1ccc(C(=O)NCCc2ccc(F)cc2)cc1)c1cccc(Cl)c1Cl. The van der Waals surface area contributed by atoms with E-state index in [0.29, 0.717) is 24.1 Å². The summed E-state index contributed by atoms with van der Waals surface area (Å²) in [4.78, 5) is 12.4. The van der Waals surface area contributed by atoms with Gasteiger partial charge in [0.05, 0.1) is 28.5 Å². The molecule has 0 aromatic heterocycles.